The van der Waals surface area contributed by atoms with E-state index in [2.05, 4.69) is 46.8 Å². The number of pyridine rings is 1. The van der Waals surface area contributed by atoms with E-state index in [4.69, 9.17) is 0 Å². The highest BCUT2D eigenvalue weighted by atomic mass is 16.3. The van der Waals surface area contributed by atoms with Crippen molar-refractivity contribution in [1.82, 2.24) is 4.98 Å². The minimum atomic E-state index is -0.458. The Labute approximate surface area is 178 Å². The largest absolute Gasteiger partial charge is 0.389 e. The van der Waals surface area contributed by atoms with Crippen molar-refractivity contribution in [3.05, 3.63) is 78.0 Å². The number of carbonyl (C=O) groups is 1. The number of nitrogens with one attached hydrogen (secondary N) is 2. The first-order valence-electron chi connectivity index (χ1n) is 10.4. The van der Waals surface area contributed by atoms with Crippen LogP contribution in [0, 0.1) is 0 Å². The SMILES string of the molecule is CCCCC(=O)Nc1cccnc1NCc1ccc(-c2ccc(C(C)O)cc2)cc1. The topological polar surface area (TPSA) is 74.2 Å². The minimum absolute atomic E-state index is 0.0128. The molecule has 0 aliphatic carbocycles. The molecule has 30 heavy (non-hydrogen) atoms. The Kier molecular flexibility index (Phi) is 7.57. The zero-order valence-corrected chi connectivity index (χ0v) is 17.6. The monoisotopic (exact) mass is 403 g/mol. The van der Waals surface area contributed by atoms with Crippen molar-refractivity contribution in [3.8, 4) is 11.1 Å². The Bertz CT molecular complexity index is 951. The van der Waals surface area contributed by atoms with Gasteiger partial charge in [-0.25, -0.2) is 4.98 Å². The van der Waals surface area contributed by atoms with Gasteiger partial charge in [-0.15, -0.1) is 0 Å². The van der Waals surface area contributed by atoms with Crippen LogP contribution in [0.5, 0.6) is 0 Å². The summed E-state index contributed by atoms with van der Waals surface area (Å²) < 4.78 is 0. The molecule has 1 heterocycles. The van der Waals surface area contributed by atoms with Crippen LogP contribution in [0.4, 0.5) is 11.5 Å². The normalized spacial score (nSPS) is 11.7. The molecule has 0 bridgehead atoms. The molecular formula is C25H29N3O2. The Morgan fingerprint density at radius 2 is 1.70 bits per heavy atom. The second-order valence-corrected chi connectivity index (χ2v) is 7.40. The fourth-order valence-electron chi connectivity index (χ4n) is 3.15. The summed E-state index contributed by atoms with van der Waals surface area (Å²) in [6.07, 6.45) is 3.64. The van der Waals surface area contributed by atoms with E-state index >= 15 is 0 Å². The molecule has 0 radical (unpaired) electrons. The average Bonchev–Trinajstić information content (AvgIpc) is 2.77. The van der Waals surface area contributed by atoms with Crippen LogP contribution in [0.1, 0.15) is 50.3 Å². The number of nitrogens with zero attached hydrogens (tertiary/aromatic N) is 1. The second-order valence-electron chi connectivity index (χ2n) is 7.40. The van der Waals surface area contributed by atoms with Gasteiger partial charge in [0.1, 0.15) is 5.82 Å². The first-order chi connectivity index (χ1) is 14.6. The van der Waals surface area contributed by atoms with E-state index < -0.39 is 6.10 Å². The number of unbranched alkanes of at least 4 members (excludes halogenated alkanes) is 1. The highest BCUT2D eigenvalue weighted by Gasteiger charge is 2.08. The fraction of sp³-hybridized carbons (Fsp3) is 0.280. The summed E-state index contributed by atoms with van der Waals surface area (Å²) in [6, 6.07) is 20.0. The molecule has 3 aromatic rings. The zero-order chi connectivity index (χ0) is 21.3. The number of carbonyl (C=O) groups excluding carboxylic acids is 1. The Hall–Kier alpha value is -3.18. The van der Waals surface area contributed by atoms with Gasteiger partial charge in [0.2, 0.25) is 5.91 Å². The first-order valence-corrected chi connectivity index (χ1v) is 10.4. The van der Waals surface area contributed by atoms with Gasteiger partial charge >= 0.3 is 0 Å². The van der Waals surface area contributed by atoms with Gasteiger partial charge in [-0.3, -0.25) is 4.79 Å². The molecule has 1 unspecified atom stereocenters. The van der Waals surface area contributed by atoms with E-state index in [0.717, 1.165) is 35.1 Å². The van der Waals surface area contributed by atoms with E-state index in [1.807, 2.05) is 36.4 Å². The highest BCUT2D eigenvalue weighted by molar-refractivity contribution is 5.93. The summed E-state index contributed by atoms with van der Waals surface area (Å²) in [7, 11) is 0. The molecule has 1 amide bonds. The summed E-state index contributed by atoms with van der Waals surface area (Å²) in [6.45, 7) is 4.44. The van der Waals surface area contributed by atoms with Crippen LogP contribution in [0.25, 0.3) is 11.1 Å². The maximum Gasteiger partial charge on any atom is 0.224 e. The van der Waals surface area contributed by atoms with Crippen LogP contribution < -0.4 is 10.6 Å². The third-order valence-corrected chi connectivity index (χ3v) is 4.98. The maximum atomic E-state index is 12.0. The summed E-state index contributed by atoms with van der Waals surface area (Å²) in [5.41, 5.74) is 4.97. The summed E-state index contributed by atoms with van der Waals surface area (Å²) in [5, 5.41) is 15.9. The molecule has 3 rings (SSSR count). The molecule has 3 N–H and O–H groups in total. The van der Waals surface area contributed by atoms with Crippen LogP contribution in [-0.2, 0) is 11.3 Å². The number of hydrogen-bond donors (Lipinski definition) is 3. The zero-order valence-electron chi connectivity index (χ0n) is 17.6. The van der Waals surface area contributed by atoms with E-state index in [-0.39, 0.29) is 5.91 Å². The van der Waals surface area contributed by atoms with E-state index in [9.17, 15) is 9.90 Å². The predicted octanol–water partition coefficient (Wildman–Crippen LogP) is 5.54. The number of benzene rings is 2. The van der Waals surface area contributed by atoms with Gasteiger partial charge in [0, 0.05) is 19.2 Å². The van der Waals surface area contributed by atoms with Gasteiger partial charge in [0.25, 0.3) is 0 Å². The van der Waals surface area contributed by atoms with Crippen molar-refractivity contribution >= 4 is 17.4 Å². The molecule has 0 fully saturated rings. The molecule has 5 nitrogen and oxygen atoms in total. The van der Waals surface area contributed by atoms with Crippen molar-refractivity contribution in [1.29, 1.82) is 0 Å². The molecule has 0 aliphatic rings. The Morgan fingerprint density at radius 1 is 1.03 bits per heavy atom. The van der Waals surface area contributed by atoms with Crippen molar-refractivity contribution in [2.75, 3.05) is 10.6 Å². The predicted molar refractivity (Wildman–Crippen MR) is 122 cm³/mol. The van der Waals surface area contributed by atoms with Gasteiger partial charge in [0.05, 0.1) is 11.8 Å². The maximum absolute atomic E-state index is 12.0. The van der Waals surface area contributed by atoms with Gasteiger partial charge in [-0.1, -0.05) is 61.9 Å². The molecule has 0 saturated heterocycles. The number of aromatic nitrogens is 1. The smallest absolute Gasteiger partial charge is 0.224 e. The van der Waals surface area contributed by atoms with Gasteiger partial charge in [-0.05, 0) is 47.7 Å². The quantitative estimate of drug-likeness (QED) is 0.438. The molecule has 2 aromatic carbocycles. The van der Waals surface area contributed by atoms with Crippen LogP contribution in [-0.4, -0.2) is 16.0 Å². The van der Waals surface area contributed by atoms with Crippen molar-refractivity contribution < 1.29 is 9.90 Å². The van der Waals surface area contributed by atoms with Crippen LogP contribution >= 0.6 is 0 Å². The first kappa shape index (κ1) is 21.5. The number of anilines is 2. The van der Waals surface area contributed by atoms with Crippen LogP contribution in [0.15, 0.2) is 66.9 Å². The Balaban J connectivity index is 1.62. The fourth-order valence-corrected chi connectivity index (χ4v) is 3.15. The standard InChI is InChI=1S/C25H29N3O2/c1-3-4-7-24(30)28-23-6-5-16-26-25(23)27-17-19-8-10-21(11-9-19)22-14-12-20(13-15-22)18(2)29/h5-6,8-16,18,29H,3-4,7,17H2,1-2H3,(H,26,27)(H,28,30). The molecular weight excluding hydrogens is 374 g/mol. The lowest BCUT2D eigenvalue weighted by molar-refractivity contribution is -0.116. The average molecular weight is 404 g/mol. The third kappa shape index (κ3) is 5.91. The summed E-state index contributed by atoms with van der Waals surface area (Å²) >= 11 is 0. The Morgan fingerprint density at radius 3 is 2.33 bits per heavy atom. The van der Waals surface area contributed by atoms with Crippen LogP contribution in [0.3, 0.4) is 0 Å². The number of aliphatic hydroxyl groups excluding tert-OH is 1. The third-order valence-electron chi connectivity index (χ3n) is 4.98. The van der Waals surface area contributed by atoms with E-state index in [0.29, 0.717) is 24.5 Å². The number of hydrogen-bond acceptors (Lipinski definition) is 4. The molecule has 0 spiro atoms. The summed E-state index contributed by atoms with van der Waals surface area (Å²) in [4.78, 5) is 16.4. The lowest BCUT2D eigenvalue weighted by Gasteiger charge is -2.12. The van der Waals surface area contributed by atoms with Gasteiger partial charge in [0.15, 0.2) is 0 Å². The van der Waals surface area contributed by atoms with E-state index in [1.54, 1.807) is 13.1 Å². The van der Waals surface area contributed by atoms with Crippen molar-refractivity contribution in [2.24, 2.45) is 0 Å². The van der Waals surface area contributed by atoms with E-state index in [1.165, 1.54) is 0 Å². The lowest BCUT2D eigenvalue weighted by Crippen LogP contribution is -2.13. The van der Waals surface area contributed by atoms with Gasteiger partial charge < -0.3 is 15.7 Å². The lowest BCUT2D eigenvalue weighted by atomic mass is 10.0. The molecule has 0 aliphatic heterocycles. The van der Waals surface area contributed by atoms with Crippen molar-refractivity contribution in [3.63, 3.8) is 0 Å². The molecule has 1 atom stereocenters. The highest BCUT2D eigenvalue weighted by Crippen LogP contribution is 2.23. The molecule has 5 heteroatoms. The van der Waals surface area contributed by atoms with Crippen molar-refractivity contribution in [2.45, 2.75) is 45.8 Å². The number of aliphatic hydroxyl groups is 1. The summed E-state index contributed by atoms with van der Waals surface area (Å²) in [5.74, 6) is 0.680. The number of amides is 1. The van der Waals surface area contributed by atoms with Gasteiger partial charge in [-0.2, -0.15) is 0 Å². The van der Waals surface area contributed by atoms with Crippen LogP contribution in [0.2, 0.25) is 0 Å². The number of rotatable bonds is 9. The molecule has 0 saturated carbocycles. The molecule has 1 aromatic heterocycles. The minimum Gasteiger partial charge on any atom is -0.389 e. The molecule has 156 valence electrons. The second kappa shape index (κ2) is 10.6.